The zero-order chi connectivity index (χ0) is 20.8. The van der Waals surface area contributed by atoms with E-state index in [0.29, 0.717) is 26.9 Å². The lowest BCUT2D eigenvalue weighted by Crippen LogP contribution is -2.15. The van der Waals surface area contributed by atoms with Crippen molar-refractivity contribution in [2.45, 2.75) is 50.5 Å². The van der Waals surface area contributed by atoms with E-state index in [0.717, 1.165) is 43.4 Å². The molecule has 0 saturated heterocycles. The smallest absolute Gasteiger partial charge is 0.341 e. The lowest BCUT2D eigenvalue weighted by atomic mass is 10.1. The molecule has 0 atom stereocenters. The van der Waals surface area contributed by atoms with Gasteiger partial charge in [0.15, 0.2) is 0 Å². The van der Waals surface area contributed by atoms with Crippen LogP contribution in [0.15, 0.2) is 17.2 Å². The number of fused-ring (bicyclic) bond motifs is 1. The zero-order valence-corrected chi connectivity index (χ0v) is 18.2. The molecule has 0 bridgehead atoms. The van der Waals surface area contributed by atoms with Crippen molar-refractivity contribution in [1.82, 2.24) is 4.98 Å². The number of thiophene rings is 1. The molecular weight excluding hydrogens is 406 g/mol. The molecule has 3 rings (SSSR count). The molecule has 8 heteroatoms. The summed E-state index contributed by atoms with van der Waals surface area (Å²) >= 11 is 2.88. The molecule has 0 saturated carbocycles. The molecule has 1 N–H and O–H groups in total. The third kappa shape index (κ3) is 5.17. The van der Waals surface area contributed by atoms with Crippen LogP contribution in [0.25, 0.3) is 0 Å². The van der Waals surface area contributed by atoms with Crippen molar-refractivity contribution in [2.24, 2.45) is 0 Å². The lowest BCUT2D eigenvalue weighted by molar-refractivity contribution is -0.115. The number of hydrogen-bond donors (Lipinski definition) is 1. The molecule has 6 nitrogen and oxygen atoms in total. The Morgan fingerprint density at radius 3 is 2.86 bits per heavy atom. The number of carbonyl (C=O) groups is 2. The molecular formula is C21H23N3O3S2. The first-order chi connectivity index (χ1) is 14.0. The quantitative estimate of drug-likeness (QED) is 0.413. The van der Waals surface area contributed by atoms with Crippen molar-refractivity contribution in [1.29, 1.82) is 5.26 Å². The number of aryl methyl sites for hydroxylation is 2. The van der Waals surface area contributed by atoms with Gasteiger partial charge < -0.3 is 10.1 Å². The molecule has 0 aliphatic heterocycles. The monoisotopic (exact) mass is 429 g/mol. The first kappa shape index (κ1) is 21.3. The van der Waals surface area contributed by atoms with Crippen LogP contribution >= 0.6 is 23.1 Å². The second-order valence-corrected chi connectivity index (χ2v) is 9.01. The molecule has 1 aliphatic rings. The molecule has 29 heavy (non-hydrogen) atoms. The second kappa shape index (κ2) is 9.90. The topological polar surface area (TPSA) is 92.1 Å². The summed E-state index contributed by atoms with van der Waals surface area (Å²) in [6, 6.07) is 5.66. The Balaban J connectivity index is 1.67. The van der Waals surface area contributed by atoms with Gasteiger partial charge in [0.2, 0.25) is 5.91 Å². The number of thioether (sulfide) groups is 1. The molecule has 0 aromatic carbocycles. The fourth-order valence-corrected chi connectivity index (χ4v) is 5.56. The van der Waals surface area contributed by atoms with Crippen LogP contribution in [0, 0.1) is 18.3 Å². The zero-order valence-electron chi connectivity index (χ0n) is 16.5. The Hall–Kier alpha value is -2.37. The maximum Gasteiger partial charge on any atom is 0.341 e. The molecule has 0 radical (unpaired) electrons. The van der Waals surface area contributed by atoms with Gasteiger partial charge in [0, 0.05) is 22.7 Å². The first-order valence-electron chi connectivity index (χ1n) is 9.56. The molecule has 152 valence electrons. The minimum absolute atomic E-state index is 0.162. The highest BCUT2D eigenvalue weighted by Gasteiger charge is 2.26. The second-order valence-electron chi connectivity index (χ2n) is 6.82. The van der Waals surface area contributed by atoms with Crippen LogP contribution in [-0.4, -0.2) is 29.7 Å². The molecule has 2 aromatic rings. The SMILES string of the molecule is COC(=O)c1c(NC(=O)CCSc2nc(C)ccc2C#N)sc2c1CCCCC2. The first-order valence-corrected chi connectivity index (χ1v) is 11.4. The fraction of sp³-hybridized carbons (Fsp3) is 0.429. The van der Waals surface area contributed by atoms with Gasteiger partial charge in [-0.2, -0.15) is 5.26 Å². The van der Waals surface area contributed by atoms with Gasteiger partial charge in [-0.15, -0.1) is 23.1 Å². The predicted octanol–water partition coefficient (Wildman–Crippen LogP) is 4.50. The summed E-state index contributed by atoms with van der Waals surface area (Å²) in [7, 11) is 1.37. The number of pyridine rings is 1. The third-order valence-electron chi connectivity index (χ3n) is 4.75. The Kier molecular flexibility index (Phi) is 7.29. The number of methoxy groups -OCH3 is 1. The van der Waals surface area contributed by atoms with Gasteiger partial charge in [0.1, 0.15) is 16.1 Å². The number of hydrogen-bond acceptors (Lipinski definition) is 7. The van der Waals surface area contributed by atoms with Crippen molar-refractivity contribution < 1.29 is 14.3 Å². The van der Waals surface area contributed by atoms with Crippen molar-refractivity contribution in [2.75, 3.05) is 18.2 Å². The Morgan fingerprint density at radius 2 is 2.10 bits per heavy atom. The molecule has 1 amide bonds. The van der Waals surface area contributed by atoms with Crippen molar-refractivity contribution >= 4 is 40.0 Å². The number of rotatable bonds is 6. The van der Waals surface area contributed by atoms with Crippen LogP contribution < -0.4 is 5.32 Å². The Labute approximate surface area is 178 Å². The molecule has 0 unspecified atom stereocenters. The minimum Gasteiger partial charge on any atom is -0.465 e. The van der Waals surface area contributed by atoms with Gasteiger partial charge in [-0.3, -0.25) is 4.79 Å². The predicted molar refractivity (Wildman–Crippen MR) is 115 cm³/mol. The van der Waals surface area contributed by atoms with E-state index in [4.69, 9.17) is 4.74 Å². The van der Waals surface area contributed by atoms with Gasteiger partial charge in [0.25, 0.3) is 0 Å². The lowest BCUT2D eigenvalue weighted by Gasteiger charge is -2.08. The average Bonchev–Trinajstić information content (AvgIpc) is 2.88. The van der Waals surface area contributed by atoms with Gasteiger partial charge in [-0.25, -0.2) is 9.78 Å². The van der Waals surface area contributed by atoms with E-state index >= 15 is 0 Å². The average molecular weight is 430 g/mol. The summed E-state index contributed by atoms with van der Waals surface area (Å²) in [6.45, 7) is 1.87. The van der Waals surface area contributed by atoms with Gasteiger partial charge in [0.05, 0.1) is 18.2 Å². The van der Waals surface area contributed by atoms with Gasteiger partial charge >= 0.3 is 5.97 Å². The number of nitrogens with one attached hydrogen (secondary N) is 1. The van der Waals surface area contributed by atoms with Crippen molar-refractivity contribution in [3.05, 3.63) is 39.4 Å². The number of aromatic nitrogens is 1. The van der Waals surface area contributed by atoms with Gasteiger partial charge in [-0.05, 0) is 50.3 Å². The molecule has 0 fully saturated rings. The van der Waals surface area contributed by atoms with E-state index in [9.17, 15) is 14.9 Å². The highest BCUT2D eigenvalue weighted by Crippen LogP contribution is 2.38. The van der Waals surface area contributed by atoms with E-state index < -0.39 is 5.97 Å². The van der Waals surface area contributed by atoms with Crippen LogP contribution in [0.1, 0.15) is 57.7 Å². The number of nitriles is 1. The van der Waals surface area contributed by atoms with Crippen molar-refractivity contribution in [3.8, 4) is 6.07 Å². The molecule has 2 aromatic heterocycles. The Morgan fingerprint density at radius 1 is 1.31 bits per heavy atom. The summed E-state index contributed by atoms with van der Waals surface area (Å²) in [4.78, 5) is 30.4. The number of nitrogens with zero attached hydrogens (tertiary/aromatic N) is 2. The normalized spacial score (nSPS) is 13.1. The summed E-state index contributed by atoms with van der Waals surface area (Å²) in [5.74, 6) is -0.0581. The van der Waals surface area contributed by atoms with E-state index in [1.54, 1.807) is 12.1 Å². The summed E-state index contributed by atoms with van der Waals surface area (Å²) in [5, 5.41) is 13.3. The van der Waals surface area contributed by atoms with E-state index in [2.05, 4.69) is 16.4 Å². The highest BCUT2D eigenvalue weighted by atomic mass is 32.2. The van der Waals surface area contributed by atoms with Crippen LogP contribution in [-0.2, 0) is 22.4 Å². The van der Waals surface area contributed by atoms with Crippen LogP contribution in [0.5, 0.6) is 0 Å². The standard InChI is InChI=1S/C21H23N3O3S2/c1-13-8-9-14(12-22)19(23-13)28-11-10-17(25)24-20-18(21(26)27-2)15-6-4-3-5-7-16(15)29-20/h8-9H,3-7,10-11H2,1-2H3,(H,24,25). The maximum atomic E-state index is 12.5. The van der Waals surface area contributed by atoms with Crippen molar-refractivity contribution in [3.63, 3.8) is 0 Å². The number of esters is 1. The van der Waals surface area contributed by atoms with Gasteiger partial charge in [-0.1, -0.05) is 6.42 Å². The fourth-order valence-electron chi connectivity index (χ4n) is 3.31. The van der Waals surface area contributed by atoms with Crippen LogP contribution in [0.2, 0.25) is 0 Å². The minimum atomic E-state index is -0.392. The van der Waals surface area contributed by atoms with E-state index in [1.165, 1.54) is 35.1 Å². The highest BCUT2D eigenvalue weighted by molar-refractivity contribution is 7.99. The van der Waals surface area contributed by atoms with E-state index in [-0.39, 0.29) is 12.3 Å². The molecule has 1 aliphatic carbocycles. The molecule has 2 heterocycles. The largest absolute Gasteiger partial charge is 0.465 e. The maximum absolute atomic E-state index is 12.5. The third-order valence-corrected chi connectivity index (χ3v) is 6.95. The van der Waals surface area contributed by atoms with E-state index in [1.807, 2.05) is 6.92 Å². The Bertz CT molecular complexity index is 963. The summed E-state index contributed by atoms with van der Waals surface area (Å²) < 4.78 is 4.97. The number of ether oxygens (including phenoxy) is 1. The summed E-state index contributed by atoms with van der Waals surface area (Å²) in [5.41, 5.74) is 2.89. The number of anilines is 1. The van der Waals surface area contributed by atoms with Crippen LogP contribution in [0.3, 0.4) is 0 Å². The summed E-state index contributed by atoms with van der Waals surface area (Å²) in [6.07, 6.45) is 5.34. The van der Waals surface area contributed by atoms with Crippen LogP contribution in [0.4, 0.5) is 5.00 Å². The number of carbonyl (C=O) groups excluding carboxylic acids is 2. The number of amides is 1. The molecule has 0 spiro atoms.